The number of hydrazine groups is 1. The molecule has 3 amide bonds. The molecule has 2 aliphatic rings. The van der Waals surface area contributed by atoms with E-state index in [-0.39, 0.29) is 23.7 Å². The number of nitrogens with zero attached hydrogens (tertiary/aromatic N) is 1. The van der Waals surface area contributed by atoms with E-state index in [1.165, 1.54) is 0 Å². The first-order valence-corrected chi connectivity index (χ1v) is 7.87. The minimum Gasteiger partial charge on any atom is -0.272 e. The second-order valence-corrected chi connectivity index (χ2v) is 6.49. The lowest BCUT2D eigenvalue weighted by atomic mass is 9.82. The summed E-state index contributed by atoms with van der Waals surface area (Å²) in [4.78, 5) is 37.0. The fourth-order valence-corrected chi connectivity index (χ4v) is 3.42. The quantitative estimate of drug-likeness (QED) is 0.648. The number of imide groups is 1. The molecule has 1 heterocycles. The topological polar surface area (TPSA) is 66.5 Å². The summed E-state index contributed by atoms with van der Waals surface area (Å²) >= 11 is 3.29. The molecule has 5 nitrogen and oxygen atoms in total. The smallest absolute Gasteiger partial charge is 0.271 e. The van der Waals surface area contributed by atoms with E-state index < -0.39 is 5.91 Å². The van der Waals surface area contributed by atoms with Gasteiger partial charge in [0.25, 0.3) is 17.7 Å². The summed E-state index contributed by atoms with van der Waals surface area (Å²) in [5.74, 6) is -1.81. The SMILES string of the molecule is CC1=CC[C@@H]2C(=O)N(NC(=O)c3ccccc3Br)C(=O)[C@H]2C1. The number of carbonyl (C=O) groups excluding carboxylic acids is 3. The Bertz CT molecular complexity index is 698. The molecule has 1 aromatic carbocycles. The summed E-state index contributed by atoms with van der Waals surface area (Å²) in [5.41, 5.74) is 3.94. The maximum atomic E-state index is 12.4. The van der Waals surface area contributed by atoms with Crippen molar-refractivity contribution in [1.82, 2.24) is 10.4 Å². The number of halogens is 1. The number of carbonyl (C=O) groups is 3. The number of benzene rings is 1. The van der Waals surface area contributed by atoms with Crippen molar-refractivity contribution in [2.75, 3.05) is 0 Å². The maximum Gasteiger partial charge on any atom is 0.271 e. The molecule has 0 aromatic heterocycles. The molecular formula is C16H15BrN2O3. The summed E-state index contributed by atoms with van der Waals surface area (Å²) < 4.78 is 0.613. The first kappa shape index (κ1) is 15.0. The van der Waals surface area contributed by atoms with Crippen molar-refractivity contribution in [1.29, 1.82) is 0 Å². The first-order chi connectivity index (χ1) is 10.5. The van der Waals surface area contributed by atoms with E-state index in [0.717, 1.165) is 10.6 Å². The Morgan fingerprint density at radius 2 is 1.91 bits per heavy atom. The summed E-state index contributed by atoms with van der Waals surface area (Å²) in [7, 11) is 0. The third-order valence-electron chi connectivity index (χ3n) is 4.15. The Morgan fingerprint density at radius 1 is 1.23 bits per heavy atom. The molecule has 0 radical (unpaired) electrons. The third-order valence-corrected chi connectivity index (χ3v) is 4.85. The lowest BCUT2D eigenvalue weighted by molar-refractivity contribution is -0.142. The molecule has 1 aliphatic carbocycles. The summed E-state index contributed by atoms with van der Waals surface area (Å²) in [6.07, 6.45) is 3.13. The number of nitrogens with one attached hydrogen (secondary N) is 1. The fourth-order valence-electron chi connectivity index (χ4n) is 2.95. The highest BCUT2D eigenvalue weighted by Crippen LogP contribution is 2.36. The van der Waals surface area contributed by atoms with Gasteiger partial charge in [0.05, 0.1) is 17.4 Å². The molecule has 1 N–H and O–H groups in total. The van der Waals surface area contributed by atoms with Crippen molar-refractivity contribution >= 4 is 33.7 Å². The summed E-state index contributed by atoms with van der Waals surface area (Å²) in [5, 5.41) is 0.892. The summed E-state index contributed by atoms with van der Waals surface area (Å²) in [6.45, 7) is 1.95. The minimum atomic E-state index is -0.475. The first-order valence-electron chi connectivity index (χ1n) is 7.08. The van der Waals surface area contributed by atoms with Crippen molar-refractivity contribution < 1.29 is 14.4 Å². The van der Waals surface area contributed by atoms with Gasteiger partial charge in [0.15, 0.2) is 0 Å². The molecule has 22 heavy (non-hydrogen) atoms. The Labute approximate surface area is 136 Å². The lowest BCUT2D eigenvalue weighted by Gasteiger charge is -2.18. The standard InChI is InChI=1S/C16H15BrN2O3/c1-9-6-7-10-12(8-9)16(22)19(15(10)21)18-14(20)11-4-2-3-5-13(11)17/h2-6,10,12H,7-8H2,1H3,(H,18,20)/t10-,12-/m0/s1. The van der Waals surface area contributed by atoms with Crippen LogP contribution in [0.1, 0.15) is 30.1 Å². The van der Waals surface area contributed by atoms with E-state index in [2.05, 4.69) is 21.4 Å². The van der Waals surface area contributed by atoms with Gasteiger partial charge in [0.1, 0.15) is 0 Å². The van der Waals surface area contributed by atoms with Crippen LogP contribution in [0.4, 0.5) is 0 Å². The number of allylic oxidation sites excluding steroid dienone is 2. The maximum absolute atomic E-state index is 12.4. The second-order valence-electron chi connectivity index (χ2n) is 5.64. The average molecular weight is 363 g/mol. The van der Waals surface area contributed by atoms with Crippen LogP contribution in [0.15, 0.2) is 40.4 Å². The largest absolute Gasteiger partial charge is 0.272 e. The Balaban J connectivity index is 1.79. The molecular weight excluding hydrogens is 348 g/mol. The Morgan fingerprint density at radius 3 is 2.64 bits per heavy atom. The second kappa shape index (κ2) is 5.68. The van der Waals surface area contributed by atoms with Gasteiger partial charge in [-0.2, -0.15) is 5.01 Å². The van der Waals surface area contributed by atoms with Gasteiger partial charge in [-0.15, -0.1) is 0 Å². The van der Waals surface area contributed by atoms with Gasteiger partial charge in [-0.25, -0.2) is 0 Å². The van der Waals surface area contributed by atoms with Crippen LogP contribution in [0, 0.1) is 11.8 Å². The molecule has 114 valence electrons. The van der Waals surface area contributed by atoms with Crippen molar-refractivity contribution in [3.63, 3.8) is 0 Å². The van der Waals surface area contributed by atoms with Gasteiger partial charge in [-0.1, -0.05) is 23.8 Å². The van der Waals surface area contributed by atoms with Crippen LogP contribution >= 0.6 is 15.9 Å². The Kier molecular flexibility index (Phi) is 3.87. The molecule has 1 aliphatic heterocycles. The molecule has 0 saturated carbocycles. The van der Waals surface area contributed by atoms with Crippen molar-refractivity contribution in [3.8, 4) is 0 Å². The van der Waals surface area contributed by atoms with Crippen LogP contribution in [-0.4, -0.2) is 22.7 Å². The molecule has 6 heteroatoms. The zero-order valence-electron chi connectivity index (χ0n) is 12.0. The molecule has 0 bridgehead atoms. The minimum absolute atomic E-state index is 0.317. The van der Waals surface area contributed by atoms with Crippen molar-refractivity contribution in [3.05, 3.63) is 46.0 Å². The third kappa shape index (κ3) is 2.47. The van der Waals surface area contributed by atoms with Gasteiger partial charge in [0.2, 0.25) is 0 Å². The number of fused-ring (bicyclic) bond motifs is 1. The van der Waals surface area contributed by atoms with Gasteiger partial charge in [-0.3, -0.25) is 19.8 Å². The lowest BCUT2D eigenvalue weighted by Crippen LogP contribution is -2.46. The number of amides is 3. The molecule has 1 saturated heterocycles. The van der Waals surface area contributed by atoms with E-state index in [9.17, 15) is 14.4 Å². The molecule has 1 fully saturated rings. The highest BCUT2D eigenvalue weighted by Gasteiger charge is 2.49. The van der Waals surface area contributed by atoms with Crippen LogP contribution in [0.3, 0.4) is 0 Å². The van der Waals surface area contributed by atoms with Crippen molar-refractivity contribution in [2.24, 2.45) is 11.8 Å². The van der Waals surface area contributed by atoms with E-state index in [0.29, 0.717) is 22.9 Å². The van der Waals surface area contributed by atoms with Crippen LogP contribution < -0.4 is 5.43 Å². The van der Waals surface area contributed by atoms with E-state index >= 15 is 0 Å². The highest BCUT2D eigenvalue weighted by atomic mass is 79.9. The van der Waals surface area contributed by atoms with E-state index in [1.807, 2.05) is 13.0 Å². The van der Waals surface area contributed by atoms with Gasteiger partial charge in [0, 0.05) is 4.47 Å². The van der Waals surface area contributed by atoms with E-state index in [1.54, 1.807) is 24.3 Å². The van der Waals surface area contributed by atoms with Crippen LogP contribution in [0.2, 0.25) is 0 Å². The average Bonchev–Trinajstić information content (AvgIpc) is 2.72. The predicted octanol–water partition coefficient (Wildman–Crippen LogP) is 2.44. The van der Waals surface area contributed by atoms with Gasteiger partial charge >= 0.3 is 0 Å². The molecule has 0 unspecified atom stereocenters. The monoisotopic (exact) mass is 362 g/mol. The number of hydrogen-bond acceptors (Lipinski definition) is 3. The predicted molar refractivity (Wildman–Crippen MR) is 83.4 cm³/mol. The highest BCUT2D eigenvalue weighted by molar-refractivity contribution is 9.10. The molecule has 1 aromatic rings. The van der Waals surface area contributed by atoms with Gasteiger partial charge in [-0.05, 0) is 47.8 Å². The number of hydrogen-bond donors (Lipinski definition) is 1. The van der Waals surface area contributed by atoms with Gasteiger partial charge < -0.3 is 0 Å². The van der Waals surface area contributed by atoms with E-state index in [4.69, 9.17) is 0 Å². The summed E-state index contributed by atoms with van der Waals surface area (Å²) in [6, 6.07) is 6.87. The normalized spacial score (nSPS) is 24.1. The fraction of sp³-hybridized carbons (Fsp3) is 0.312. The zero-order valence-corrected chi connectivity index (χ0v) is 13.6. The molecule has 3 rings (SSSR count). The number of rotatable bonds is 2. The van der Waals surface area contributed by atoms with Crippen LogP contribution in [0.25, 0.3) is 0 Å². The Hall–Kier alpha value is -1.95. The van der Waals surface area contributed by atoms with Crippen molar-refractivity contribution in [2.45, 2.75) is 19.8 Å². The molecule has 2 atom stereocenters. The van der Waals surface area contributed by atoms with Crippen LogP contribution in [-0.2, 0) is 9.59 Å². The zero-order chi connectivity index (χ0) is 15.9. The van der Waals surface area contributed by atoms with Crippen LogP contribution in [0.5, 0.6) is 0 Å². The molecule has 0 spiro atoms.